The average Bonchev–Trinajstić information content (AvgIpc) is 3.24. The fraction of sp³-hybridized carbons (Fsp3) is 0.333. The van der Waals surface area contributed by atoms with Crippen molar-refractivity contribution in [1.29, 1.82) is 0 Å². The second-order valence-corrected chi connectivity index (χ2v) is 9.50. The van der Waals surface area contributed by atoms with Crippen molar-refractivity contribution < 1.29 is 29.1 Å². The Bertz CT molecular complexity index is 1290. The number of hydrogen-bond donors (Lipinski definition) is 1. The summed E-state index contributed by atoms with van der Waals surface area (Å²) < 4.78 is 0. The lowest BCUT2D eigenvalue weighted by Crippen LogP contribution is -2.31. The monoisotopic (exact) mass is 616 g/mol. The van der Waals surface area contributed by atoms with Crippen LogP contribution >= 0.6 is 0 Å². The molecule has 3 rings (SSSR count). The Balaban J connectivity index is -0.000000555. The van der Waals surface area contributed by atoms with Crippen molar-refractivity contribution >= 4 is 48.5 Å². The zero-order valence-electron chi connectivity index (χ0n) is 27.0. The first-order chi connectivity index (χ1) is 20.5. The summed E-state index contributed by atoms with van der Waals surface area (Å²) in [5.74, 6) is -0.0634. The molecule has 0 saturated heterocycles. The van der Waals surface area contributed by atoms with Gasteiger partial charge in [-0.3, -0.25) is 33.6 Å². The third-order valence-electron chi connectivity index (χ3n) is 4.01. The summed E-state index contributed by atoms with van der Waals surface area (Å²) in [4.78, 5) is 82.6. The van der Waals surface area contributed by atoms with Crippen LogP contribution in [0.3, 0.4) is 0 Å². The van der Waals surface area contributed by atoms with Crippen molar-refractivity contribution in [2.45, 2.75) is 0 Å². The molecule has 0 aliphatic heterocycles. The summed E-state index contributed by atoms with van der Waals surface area (Å²) in [6, 6.07) is 12.9. The van der Waals surface area contributed by atoms with E-state index in [4.69, 9.17) is 0 Å². The first kappa shape index (κ1) is 43.1. The van der Waals surface area contributed by atoms with Crippen LogP contribution in [-0.2, 0) is 24.0 Å². The minimum atomic E-state index is -0.399. The molecular formula is C30H44N6O8. The molecule has 14 nitrogen and oxygen atoms in total. The van der Waals surface area contributed by atoms with Crippen molar-refractivity contribution in [1.82, 2.24) is 24.5 Å². The van der Waals surface area contributed by atoms with Gasteiger partial charge in [0.1, 0.15) is 11.4 Å². The third-order valence-corrected chi connectivity index (χ3v) is 4.01. The van der Waals surface area contributed by atoms with Gasteiger partial charge < -0.3 is 29.6 Å². The number of fused-ring (bicyclic) bond motifs is 1. The molecule has 14 heteroatoms. The minimum absolute atomic E-state index is 0.0634. The van der Waals surface area contributed by atoms with Crippen LogP contribution in [0.15, 0.2) is 63.1 Å². The van der Waals surface area contributed by atoms with Gasteiger partial charge in [-0.15, -0.1) is 0 Å². The Hall–Kier alpha value is -5.40. The Morgan fingerprint density at radius 1 is 0.500 bits per heavy atom. The molecule has 242 valence electrons. The van der Waals surface area contributed by atoms with Crippen LogP contribution in [0.2, 0.25) is 0 Å². The van der Waals surface area contributed by atoms with Gasteiger partial charge in [0.25, 0.3) is 0 Å². The highest BCUT2D eigenvalue weighted by molar-refractivity contribution is 5.83. The number of carbonyl (C=O) groups is 5. The number of para-hydroxylation sites is 2. The second kappa shape index (κ2) is 25.3. The van der Waals surface area contributed by atoms with E-state index in [0.29, 0.717) is 10.8 Å². The van der Waals surface area contributed by atoms with E-state index in [1.165, 1.54) is 30.6 Å². The molecular weight excluding hydrogens is 572 g/mol. The van der Waals surface area contributed by atoms with E-state index in [9.17, 15) is 38.7 Å². The molecule has 0 atom stereocenters. The van der Waals surface area contributed by atoms with Crippen LogP contribution in [0, 0.1) is 0 Å². The second-order valence-electron chi connectivity index (χ2n) is 9.50. The lowest BCUT2D eigenvalue weighted by Gasteiger charge is -1.94. The number of carbonyl (C=O) groups excluding carboxylic acids is 5. The first-order valence-corrected chi connectivity index (χ1v) is 12.7. The summed E-state index contributed by atoms with van der Waals surface area (Å²) in [7, 11) is 16.9. The molecule has 0 fully saturated rings. The standard InChI is InChI=1S/C15H9NO3.5C3H7NO/c17-12-8-4-3-7-11(12)16-13-14(18)9-5-1-2-6-10(9)15(13)19;5*1-4(2)3-5/h1-8,17H;5*3H,1-2H3. The van der Waals surface area contributed by atoms with Gasteiger partial charge in [-0.05, 0) is 12.1 Å². The van der Waals surface area contributed by atoms with Crippen molar-refractivity contribution in [2.24, 2.45) is 4.99 Å². The zero-order chi connectivity index (χ0) is 34.8. The molecule has 0 bridgehead atoms. The number of phenolic OH excluding ortho intramolecular Hbond substituents is 1. The summed E-state index contributed by atoms with van der Waals surface area (Å²) >= 11 is 0. The number of aromatic hydroxyl groups is 1. The molecule has 0 aliphatic rings. The predicted molar refractivity (Wildman–Crippen MR) is 171 cm³/mol. The summed E-state index contributed by atoms with van der Waals surface area (Å²) in [5.41, 5.74) is -0.584. The maximum atomic E-state index is 12.1. The lowest BCUT2D eigenvalue weighted by atomic mass is 10.2. The number of benzene rings is 2. The molecule has 44 heavy (non-hydrogen) atoms. The average molecular weight is 617 g/mol. The molecule has 0 spiro atoms. The van der Waals surface area contributed by atoms with Crippen LogP contribution in [-0.4, -0.2) is 132 Å². The molecule has 5 amide bonds. The Morgan fingerprint density at radius 3 is 1.00 bits per heavy atom. The van der Waals surface area contributed by atoms with Crippen molar-refractivity contribution in [3.8, 4) is 5.75 Å². The van der Waals surface area contributed by atoms with E-state index >= 15 is 0 Å². The quantitative estimate of drug-likeness (QED) is 0.375. The van der Waals surface area contributed by atoms with Crippen LogP contribution < -0.4 is 16.2 Å². The summed E-state index contributed by atoms with van der Waals surface area (Å²) in [5, 5.41) is 10.2. The third kappa shape index (κ3) is 21.4. The smallest absolute Gasteiger partial charge is 0.216 e. The van der Waals surface area contributed by atoms with Crippen LogP contribution in [0.5, 0.6) is 5.75 Å². The number of nitrogens with zero attached hydrogens (tertiary/aromatic N) is 6. The zero-order valence-corrected chi connectivity index (χ0v) is 27.0. The number of hydrogen-bond acceptors (Lipinski definition) is 9. The van der Waals surface area contributed by atoms with Gasteiger partial charge in [0.15, 0.2) is 5.36 Å². The molecule has 0 aliphatic carbocycles. The van der Waals surface area contributed by atoms with E-state index in [-0.39, 0.29) is 16.8 Å². The molecule has 0 saturated carbocycles. The number of amides is 5. The largest absolute Gasteiger partial charge is 0.506 e. The van der Waals surface area contributed by atoms with E-state index < -0.39 is 10.9 Å². The highest BCUT2D eigenvalue weighted by Gasteiger charge is 2.10. The molecule has 1 N–H and O–H groups in total. The first-order valence-electron chi connectivity index (χ1n) is 12.7. The molecule has 0 unspecified atom stereocenters. The number of phenols is 1. The maximum Gasteiger partial charge on any atom is 0.216 e. The molecule has 0 radical (unpaired) electrons. The normalized spacial score (nSPS) is 8.50. The van der Waals surface area contributed by atoms with Crippen molar-refractivity contribution in [3.05, 3.63) is 74.3 Å². The Morgan fingerprint density at radius 2 is 0.750 bits per heavy atom. The van der Waals surface area contributed by atoms with Crippen LogP contribution in [0.4, 0.5) is 5.69 Å². The SMILES string of the molecule is CN(C)C=O.CN(C)C=O.CN(C)C=O.CN(C)C=O.CN(C)C=O.O=c1c(=Nc2ccccc2O)c(=O)c2ccccc12. The lowest BCUT2D eigenvalue weighted by molar-refractivity contribution is -0.116. The fourth-order valence-electron chi connectivity index (χ4n) is 2.02. The van der Waals surface area contributed by atoms with E-state index in [1.807, 2.05) is 0 Å². The summed E-state index contributed by atoms with van der Waals surface area (Å²) in [6.07, 6.45) is 3.75. The van der Waals surface area contributed by atoms with Gasteiger partial charge in [0.2, 0.25) is 42.9 Å². The Kier molecular flexibility index (Phi) is 24.8. The Labute approximate surface area is 257 Å². The van der Waals surface area contributed by atoms with Crippen molar-refractivity contribution in [2.75, 3.05) is 70.5 Å². The number of rotatable bonds is 6. The van der Waals surface area contributed by atoms with Gasteiger partial charge in [-0.1, -0.05) is 36.4 Å². The van der Waals surface area contributed by atoms with Crippen LogP contribution in [0.1, 0.15) is 0 Å². The van der Waals surface area contributed by atoms with Crippen LogP contribution in [0.25, 0.3) is 10.8 Å². The van der Waals surface area contributed by atoms with E-state index in [0.717, 1.165) is 32.1 Å². The van der Waals surface area contributed by atoms with Gasteiger partial charge in [0, 0.05) is 81.2 Å². The summed E-state index contributed by atoms with van der Waals surface area (Å²) in [6.45, 7) is 0. The molecule has 3 aromatic carbocycles. The highest BCUT2D eigenvalue weighted by atomic mass is 16.3. The molecule has 3 aromatic rings. The maximum absolute atomic E-state index is 12.1. The van der Waals surface area contributed by atoms with Gasteiger partial charge in [-0.25, -0.2) is 4.99 Å². The highest BCUT2D eigenvalue weighted by Crippen LogP contribution is 2.23. The minimum Gasteiger partial charge on any atom is -0.506 e. The molecule has 0 aromatic heterocycles. The van der Waals surface area contributed by atoms with E-state index in [1.54, 1.807) is 113 Å². The predicted octanol–water partition coefficient (Wildman–Crippen LogP) is -0.104. The van der Waals surface area contributed by atoms with Gasteiger partial charge in [-0.2, -0.15) is 0 Å². The topological polar surface area (TPSA) is 168 Å². The van der Waals surface area contributed by atoms with Crippen molar-refractivity contribution in [3.63, 3.8) is 0 Å². The molecule has 0 heterocycles. The van der Waals surface area contributed by atoms with Gasteiger partial charge >= 0.3 is 0 Å². The fourth-order valence-corrected chi connectivity index (χ4v) is 2.02. The van der Waals surface area contributed by atoms with E-state index in [2.05, 4.69) is 4.99 Å². The van der Waals surface area contributed by atoms with Gasteiger partial charge in [0.05, 0.1) is 0 Å².